The standard InChI is InChI=1S/C18H17NO4.CH4/c1-12(20)23-11-16-8-9-17(19(21)22)18(16)15-7-6-13-4-2-3-5-14(13)10-15;/h2-7,9-10,16,18H,8,11H2,1H3;1H4/t16-,18+;/m0./s1. The van der Waals surface area contributed by atoms with E-state index in [1.165, 1.54) is 6.92 Å². The number of benzene rings is 2. The minimum absolute atomic E-state index is 0. The maximum Gasteiger partial charge on any atom is 0.302 e. The molecule has 0 bridgehead atoms. The molecule has 2 aromatic rings. The van der Waals surface area contributed by atoms with Gasteiger partial charge in [-0.25, -0.2) is 0 Å². The summed E-state index contributed by atoms with van der Waals surface area (Å²) in [6, 6.07) is 13.8. The number of ether oxygens (including phenoxy) is 1. The Hall–Kier alpha value is -2.69. The molecule has 0 saturated carbocycles. The van der Waals surface area contributed by atoms with Crippen LogP contribution in [0, 0.1) is 16.0 Å². The van der Waals surface area contributed by atoms with Gasteiger partial charge in [0.1, 0.15) is 0 Å². The van der Waals surface area contributed by atoms with Gasteiger partial charge in [-0.15, -0.1) is 0 Å². The minimum Gasteiger partial charge on any atom is -0.466 e. The van der Waals surface area contributed by atoms with Crippen LogP contribution in [0.2, 0.25) is 0 Å². The van der Waals surface area contributed by atoms with E-state index in [-0.39, 0.29) is 42.5 Å². The summed E-state index contributed by atoms with van der Waals surface area (Å²) in [6.45, 7) is 1.54. The van der Waals surface area contributed by atoms with E-state index in [4.69, 9.17) is 4.74 Å². The average Bonchev–Trinajstić information content (AvgIpc) is 2.96. The Morgan fingerprint density at radius 1 is 1.25 bits per heavy atom. The van der Waals surface area contributed by atoms with Crippen LogP contribution in [0.3, 0.4) is 0 Å². The molecule has 0 aromatic heterocycles. The number of carbonyl (C=O) groups is 1. The van der Waals surface area contributed by atoms with Crippen molar-refractivity contribution in [3.63, 3.8) is 0 Å². The summed E-state index contributed by atoms with van der Waals surface area (Å²) in [4.78, 5) is 22.1. The van der Waals surface area contributed by atoms with Gasteiger partial charge < -0.3 is 4.74 Å². The molecule has 0 N–H and O–H groups in total. The van der Waals surface area contributed by atoms with Gasteiger partial charge in [0.2, 0.25) is 5.70 Å². The lowest BCUT2D eigenvalue weighted by atomic mass is 9.86. The molecule has 1 aliphatic carbocycles. The molecule has 5 nitrogen and oxygen atoms in total. The maximum atomic E-state index is 11.4. The molecule has 2 atom stereocenters. The van der Waals surface area contributed by atoms with Crippen LogP contribution in [0.4, 0.5) is 0 Å². The Labute approximate surface area is 141 Å². The Bertz CT molecular complexity index is 797. The Balaban J connectivity index is 0.00000208. The molecule has 2 aromatic carbocycles. The molecule has 0 heterocycles. The van der Waals surface area contributed by atoms with E-state index in [2.05, 4.69) is 0 Å². The number of hydrogen-bond acceptors (Lipinski definition) is 4. The summed E-state index contributed by atoms with van der Waals surface area (Å²) in [7, 11) is 0. The third-order valence-electron chi connectivity index (χ3n) is 4.26. The molecule has 0 unspecified atom stereocenters. The molecule has 0 aliphatic heterocycles. The second kappa shape index (κ2) is 7.25. The molecule has 0 amide bonds. The van der Waals surface area contributed by atoms with Crippen LogP contribution in [-0.2, 0) is 9.53 Å². The molecular weight excluding hydrogens is 306 g/mol. The monoisotopic (exact) mass is 327 g/mol. The zero-order valence-corrected chi connectivity index (χ0v) is 12.8. The zero-order chi connectivity index (χ0) is 16.4. The van der Waals surface area contributed by atoms with E-state index in [0.29, 0.717) is 6.42 Å². The van der Waals surface area contributed by atoms with E-state index < -0.39 is 0 Å². The number of nitrogens with zero attached hydrogens (tertiary/aromatic N) is 1. The van der Waals surface area contributed by atoms with Crippen molar-refractivity contribution >= 4 is 16.7 Å². The van der Waals surface area contributed by atoms with Crippen molar-refractivity contribution in [2.24, 2.45) is 5.92 Å². The minimum atomic E-state index is -0.364. The number of hydrogen-bond donors (Lipinski definition) is 0. The van der Waals surface area contributed by atoms with Gasteiger partial charge in [-0.05, 0) is 28.8 Å². The zero-order valence-electron chi connectivity index (χ0n) is 12.8. The summed E-state index contributed by atoms with van der Waals surface area (Å²) < 4.78 is 5.10. The number of allylic oxidation sites excluding steroid dienone is 2. The highest BCUT2D eigenvalue weighted by Gasteiger charge is 2.39. The van der Waals surface area contributed by atoms with Crippen LogP contribution in [0.5, 0.6) is 0 Å². The second-order valence-corrected chi connectivity index (χ2v) is 5.77. The molecular formula is C19H21NO4. The Morgan fingerprint density at radius 2 is 1.96 bits per heavy atom. The first kappa shape index (κ1) is 17.7. The summed E-state index contributed by atoms with van der Waals surface area (Å²) in [5.41, 5.74) is 1.08. The van der Waals surface area contributed by atoms with Crippen LogP contribution in [0.25, 0.3) is 10.8 Å². The van der Waals surface area contributed by atoms with Gasteiger partial charge in [0, 0.05) is 12.8 Å². The van der Waals surface area contributed by atoms with Crippen molar-refractivity contribution in [3.05, 3.63) is 69.9 Å². The predicted octanol–water partition coefficient (Wildman–Crippen LogP) is 4.30. The highest BCUT2D eigenvalue weighted by molar-refractivity contribution is 5.83. The van der Waals surface area contributed by atoms with Gasteiger partial charge >= 0.3 is 5.97 Å². The molecule has 0 fully saturated rings. The van der Waals surface area contributed by atoms with Gasteiger partial charge in [0.25, 0.3) is 0 Å². The highest BCUT2D eigenvalue weighted by Crippen LogP contribution is 2.41. The normalized spacial score (nSPS) is 19.5. The number of esters is 1. The van der Waals surface area contributed by atoms with Crippen molar-refractivity contribution in [2.75, 3.05) is 6.61 Å². The maximum absolute atomic E-state index is 11.4. The quantitative estimate of drug-likeness (QED) is 0.477. The first-order valence-electron chi connectivity index (χ1n) is 7.53. The first-order chi connectivity index (χ1) is 11.1. The van der Waals surface area contributed by atoms with Crippen LogP contribution >= 0.6 is 0 Å². The average molecular weight is 327 g/mol. The largest absolute Gasteiger partial charge is 0.466 e. The number of carbonyl (C=O) groups excluding carboxylic acids is 1. The highest BCUT2D eigenvalue weighted by atomic mass is 16.6. The smallest absolute Gasteiger partial charge is 0.302 e. The summed E-state index contributed by atoms with van der Waals surface area (Å²) in [6.07, 6.45) is 2.19. The SMILES string of the molecule is C.CC(=O)OC[C@@H]1CC=C([N+](=O)[O-])[C@@H]1c1ccc2ccccc2c1. The predicted molar refractivity (Wildman–Crippen MR) is 93.2 cm³/mol. The third kappa shape index (κ3) is 3.45. The fourth-order valence-electron chi connectivity index (χ4n) is 3.20. The second-order valence-electron chi connectivity index (χ2n) is 5.77. The lowest BCUT2D eigenvalue weighted by molar-refractivity contribution is -0.430. The van der Waals surface area contributed by atoms with E-state index in [1.54, 1.807) is 6.08 Å². The molecule has 0 saturated heterocycles. The molecule has 1 aliphatic rings. The summed E-state index contributed by atoms with van der Waals surface area (Å²) in [5, 5.41) is 13.5. The number of nitro groups is 1. The van der Waals surface area contributed by atoms with Crippen molar-refractivity contribution in [1.82, 2.24) is 0 Å². The van der Waals surface area contributed by atoms with Crippen molar-refractivity contribution < 1.29 is 14.5 Å². The molecule has 0 spiro atoms. The van der Waals surface area contributed by atoms with Crippen LogP contribution in [-0.4, -0.2) is 17.5 Å². The van der Waals surface area contributed by atoms with Crippen LogP contribution in [0.1, 0.15) is 32.3 Å². The molecule has 126 valence electrons. The van der Waals surface area contributed by atoms with Gasteiger partial charge in [0.05, 0.1) is 17.4 Å². The van der Waals surface area contributed by atoms with Crippen molar-refractivity contribution in [3.8, 4) is 0 Å². The van der Waals surface area contributed by atoms with Gasteiger partial charge in [0.15, 0.2) is 0 Å². The lowest BCUT2D eigenvalue weighted by Gasteiger charge is -2.19. The van der Waals surface area contributed by atoms with E-state index in [9.17, 15) is 14.9 Å². The van der Waals surface area contributed by atoms with Crippen LogP contribution in [0.15, 0.2) is 54.2 Å². The fraction of sp³-hybridized carbons (Fsp3) is 0.316. The van der Waals surface area contributed by atoms with Gasteiger partial charge in [-0.2, -0.15) is 0 Å². The lowest BCUT2D eigenvalue weighted by Crippen LogP contribution is -2.19. The molecule has 24 heavy (non-hydrogen) atoms. The van der Waals surface area contributed by atoms with E-state index in [1.807, 2.05) is 42.5 Å². The Morgan fingerprint density at radius 3 is 2.62 bits per heavy atom. The summed E-state index contributed by atoms with van der Waals surface area (Å²) >= 11 is 0. The van der Waals surface area contributed by atoms with Gasteiger partial charge in [-0.1, -0.05) is 49.9 Å². The number of rotatable bonds is 4. The van der Waals surface area contributed by atoms with Gasteiger partial charge in [-0.3, -0.25) is 14.9 Å². The summed E-state index contributed by atoms with van der Waals surface area (Å²) in [5.74, 6) is -0.814. The number of fused-ring (bicyclic) bond motifs is 1. The molecule has 0 radical (unpaired) electrons. The van der Waals surface area contributed by atoms with Crippen LogP contribution < -0.4 is 0 Å². The third-order valence-corrected chi connectivity index (χ3v) is 4.26. The Kier molecular flexibility index (Phi) is 5.34. The molecule has 5 heteroatoms. The van der Waals surface area contributed by atoms with E-state index in [0.717, 1.165) is 16.3 Å². The first-order valence-corrected chi connectivity index (χ1v) is 7.53. The van der Waals surface area contributed by atoms with Crippen molar-refractivity contribution in [2.45, 2.75) is 26.7 Å². The van der Waals surface area contributed by atoms with E-state index >= 15 is 0 Å². The molecule has 3 rings (SSSR count). The topological polar surface area (TPSA) is 69.4 Å². The van der Waals surface area contributed by atoms with Crippen molar-refractivity contribution in [1.29, 1.82) is 0 Å². The fourth-order valence-corrected chi connectivity index (χ4v) is 3.20.